The topological polar surface area (TPSA) is 218 Å². The van der Waals surface area contributed by atoms with E-state index in [9.17, 15) is 32.3 Å². The van der Waals surface area contributed by atoms with Gasteiger partial charge in [-0.3, -0.25) is 14.4 Å². The van der Waals surface area contributed by atoms with Crippen molar-refractivity contribution in [1.82, 2.24) is 16.0 Å². The number of aliphatic carboxylic acids is 1. The van der Waals surface area contributed by atoms with E-state index in [1.54, 1.807) is 20.8 Å². The second-order valence-corrected chi connectivity index (χ2v) is 12.2. The van der Waals surface area contributed by atoms with Gasteiger partial charge in [-0.25, -0.2) is 4.79 Å². The Morgan fingerprint density at radius 2 is 1.04 bits per heavy atom. The van der Waals surface area contributed by atoms with Crippen LogP contribution in [0.5, 0.6) is 0 Å². The molecule has 0 aromatic heterocycles. The van der Waals surface area contributed by atoms with Crippen LogP contribution in [0.25, 0.3) is 0 Å². The third-order valence-electron chi connectivity index (χ3n) is 5.86. The quantitative estimate of drug-likeness (QED) is 0.0484. The molecule has 21 heteroatoms. The first-order chi connectivity index (χ1) is 24.3. The Labute approximate surface area is 302 Å². The molecule has 0 rings (SSSR count). The highest BCUT2D eigenvalue weighted by atomic mass is 19.4. The van der Waals surface area contributed by atoms with Gasteiger partial charge in [0.15, 0.2) is 0 Å². The fraction of sp³-hybridized carbons (Fsp3) is 0.839. The number of carbonyl (C=O) groups is 5. The Balaban J connectivity index is 0. The number of carbonyl (C=O) groups excluding carboxylic acids is 5. The fourth-order valence-electron chi connectivity index (χ4n) is 3.17. The summed E-state index contributed by atoms with van der Waals surface area (Å²) in [6, 6.07) is 0. The number of nitrogens with zero attached hydrogens (tertiary/aromatic N) is 1. The van der Waals surface area contributed by atoms with Crippen molar-refractivity contribution in [2.75, 3.05) is 133 Å². The number of carboxylic acid groups (broad SMARTS) is 1. The molecule has 0 aliphatic carbocycles. The molecule has 0 saturated carbocycles. The summed E-state index contributed by atoms with van der Waals surface area (Å²) in [6.45, 7) is 11.2. The van der Waals surface area contributed by atoms with Gasteiger partial charge in [0.1, 0.15) is 31.3 Å². The highest BCUT2D eigenvalue weighted by Crippen LogP contribution is 2.11. The van der Waals surface area contributed by atoms with Crippen molar-refractivity contribution in [2.24, 2.45) is 0 Å². The van der Waals surface area contributed by atoms with Gasteiger partial charge in [0.25, 0.3) is 0 Å². The Hall–Kier alpha value is -3.34. The predicted molar refractivity (Wildman–Crippen MR) is 175 cm³/mol. The number of nitrogens with one attached hydrogen (secondary N) is 3. The number of amides is 3. The molecule has 0 bridgehead atoms. The number of ether oxygens (including phenoxy) is 8. The van der Waals surface area contributed by atoms with Gasteiger partial charge in [-0.1, -0.05) is 0 Å². The number of quaternary nitrogens is 1. The van der Waals surface area contributed by atoms with E-state index in [1.807, 2.05) is 0 Å². The summed E-state index contributed by atoms with van der Waals surface area (Å²) in [5, 5.41) is 16.9. The van der Waals surface area contributed by atoms with Crippen LogP contribution in [0.2, 0.25) is 0 Å². The predicted octanol–water partition coefficient (Wildman–Crippen LogP) is -1.22. The first-order valence-corrected chi connectivity index (χ1v) is 16.4. The van der Waals surface area contributed by atoms with Crippen molar-refractivity contribution < 1.29 is 84.6 Å². The summed E-state index contributed by atoms with van der Waals surface area (Å²) in [5.74, 6) is -3.78. The zero-order chi connectivity index (χ0) is 39.9. The van der Waals surface area contributed by atoms with Gasteiger partial charge in [0.05, 0.1) is 107 Å². The van der Waals surface area contributed by atoms with E-state index in [0.717, 1.165) is 13.1 Å². The minimum Gasteiger partial charge on any atom is -0.542 e. The second-order valence-electron chi connectivity index (χ2n) is 12.2. The second kappa shape index (κ2) is 30.2. The van der Waals surface area contributed by atoms with Crippen molar-refractivity contribution in [1.29, 1.82) is 0 Å². The molecule has 0 unspecified atom stereocenters. The van der Waals surface area contributed by atoms with Crippen LogP contribution in [-0.4, -0.2) is 179 Å². The van der Waals surface area contributed by atoms with Crippen LogP contribution in [-0.2, 0) is 57.1 Å². The Kier molecular flexibility index (Phi) is 29.4. The molecule has 0 spiro atoms. The van der Waals surface area contributed by atoms with Gasteiger partial charge in [0.2, 0.25) is 11.8 Å². The molecule has 3 amide bonds. The number of alkyl carbamates (subject to hydrolysis) is 1. The molecule has 0 heterocycles. The Bertz CT molecular complexity index is 999. The summed E-state index contributed by atoms with van der Waals surface area (Å²) in [5.41, 5.74) is -0.551. The lowest BCUT2D eigenvalue weighted by molar-refractivity contribution is -0.889. The normalized spacial score (nSPS) is 11.6. The van der Waals surface area contributed by atoms with Gasteiger partial charge < -0.3 is 68.2 Å². The number of halogens is 3. The average Bonchev–Trinajstić information content (AvgIpc) is 3.03. The van der Waals surface area contributed by atoms with E-state index in [0.29, 0.717) is 70.4 Å². The highest BCUT2D eigenvalue weighted by Gasteiger charge is 2.28. The van der Waals surface area contributed by atoms with Crippen LogP contribution in [0.1, 0.15) is 27.2 Å². The third-order valence-corrected chi connectivity index (χ3v) is 5.86. The summed E-state index contributed by atoms with van der Waals surface area (Å²) in [7, 11) is 5.45. The number of likely N-dealkylation sites (N-methyl/N-ethyl adjacent to an activating group) is 1. The van der Waals surface area contributed by atoms with Crippen molar-refractivity contribution in [3.8, 4) is 0 Å². The molecule has 0 fully saturated rings. The zero-order valence-electron chi connectivity index (χ0n) is 31.0. The fourth-order valence-corrected chi connectivity index (χ4v) is 3.17. The largest absolute Gasteiger partial charge is 0.542 e. The van der Waals surface area contributed by atoms with Crippen molar-refractivity contribution in [3.63, 3.8) is 0 Å². The molecule has 0 aliphatic heterocycles. The lowest BCUT2D eigenvalue weighted by Crippen LogP contribution is -2.47. The number of alkyl halides is 3. The van der Waals surface area contributed by atoms with Crippen molar-refractivity contribution in [2.45, 2.75) is 39.0 Å². The van der Waals surface area contributed by atoms with Crippen LogP contribution < -0.4 is 21.1 Å². The maximum Gasteiger partial charge on any atom is 0.430 e. The highest BCUT2D eigenvalue weighted by molar-refractivity contribution is 5.77. The molecule has 0 saturated heterocycles. The van der Waals surface area contributed by atoms with Crippen LogP contribution >= 0.6 is 0 Å². The van der Waals surface area contributed by atoms with E-state index in [1.165, 1.54) is 7.11 Å². The molecule has 0 aliphatic rings. The number of esters is 1. The lowest BCUT2D eigenvalue weighted by atomic mass is 10.2. The molecule has 0 atom stereocenters. The van der Waals surface area contributed by atoms with E-state index in [2.05, 4.69) is 34.8 Å². The zero-order valence-corrected chi connectivity index (χ0v) is 31.0. The number of carboxylic acids is 1. The van der Waals surface area contributed by atoms with Gasteiger partial charge in [-0.15, -0.1) is 0 Å². The monoisotopic (exact) mass is 766 g/mol. The van der Waals surface area contributed by atoms with Gasteiger partial charge in [-0.2, -0.15) is 13.2 Å². The van der Waals surface area contributed by atoms with Crippen LogP contribution in [0.15, 0.2) is 0 Å². The van der Waals surface area contributed by atoms with E-state index in [4.69, 9.17) is 43.1 Å². The van der Waals surface area contributed by atoms with E-state index in [-0.39, 0.29) is 57.2 Å². The molecular weight excluding hydrogens is 709 g/mol. The smallest absolute Gasteiger partial charge is 0.430 e. The maximum absolute atomic E-state index is 12.0. The molecule has 306 valence electrons. The van der Waals surface area contributed by atoms with E-state index >= 15 is 0 Å². The van der Waals surface area contributed by atoms with Gasteiger partial charge in [-0.05, 0) is 20.8 Å². The number of hydrogen-bond acceptors (Lipinski definition) is 14. The molecule has 52 heavy (non-hydrogen) atoms. The van der Waals surface area contributed by atoms with Gasteiger partial charge in [0, 0.05) is 13.1 Å². The minimum absolute atomic E-state index is 0.0616. The molecule has 3 N–H and O–H groups in total. The number of rotatable bonds is 28. The molecule has 0 aromatic carbocycles. The number of hydrogen-bond donors (Lipinski definition) is 3. The van der Waals surface area contributed by atoms with Crippen LogP contribution in [0.4, 0.5) is 18.0 Å². The summed E-state index contributed by atoms with van der Waals surface area (Å²) >= 11 is 0. The third kappa shape index (κ3) is 37.9. The Morgan fingerprint density at radius 3 is 1.50 bits per heavy atom. The maximum atomic E-state index is 12.0. The summed E-state index contributed by atoms with van der Waals surface area (Å²) in [6.07, 6.45) is -5.47. The first kappa shape index (κ1) is 50.8. The standard InChI is InChI=1S/C29H56N4O12.C2HF3O2/c1-29(2,3)45-28(37)32-10-15-41-20-22-44-24-26(35)31-9-14-40-19-21-43-23-25(34)30-8-11-33(4,5)12-16-42-18-17-39-13-7-27(36)38-6;3-2(4,5)1(6)7/h7-24H2,1-6H3,(H2-,30,31,32,34,35,37);(H,6,7). The Morgan fingerprint density at radius 1 is 0.615 bits per heavy atom. The van der Waals surface area contributed by atoms with Crippen LogP contribution in [0.3, 0.4) is 0 Å². The summed E-state index contributed by atoms with van der Waals surface area (Å²) < 4.78 is 74.0. The van der Waals surface area contributed by atoms with Crippen LogP contribution in [0, 0.1) is 0 Å². The number of methoxy groups -OCH3 is 1. The average molecular weight is 767 g/mol. The minimum atomic E-state index is -5.19. The first-order valence-electron chi connectivity index (χ1n) is 16.4. The van der Waals surface area contributed by atoms with E-state index < -0.39 is 23.8 Å². The molecule has 0 radical (unpaired) electrons. The molecular formula is C31H57F3N4O14. The lowest BCUT2D eigenvalue weighted by Gasteiger charge is -2.29. The molecule has 0 aromatic rings. The van der Waals surface area contributed by atoms with Gasteiger partial charge >= 0.3 is 18.2 Å². The van der Waals surface area contributed by atoms with Crippen molar-refractivity contribution >= 4 is 29.8 Å². The SMILES string of the molecule is COC(=O)CCOCCOCC[N+](C)(C)CCNC(=O)COCCOCCNC(=O)COCCOCCNC(=O)OC(C)(C)C.O=C([O-])C(F)(F)F. The summed E-state index contributed by atoms with van der Waals surface area (Å²) in [4.78, 5) is 55.0. The van der Waals surface area contributed by atoms with Crippen molar-refractivity contribution in [3.05, 3.63) is 0 Å². The molecule has 18 nitrogen and oxygen atoms in total.